The second-order valence-corrected chi connectivity index (χ2v) is 8.45. The van der Waals surface area contributed by atoms with Gasteiger partial charge in [-0.1, -0.05) is 36.4 Å². The quantitative estimate of drug-likeness (QED) is 0.375. The van der Waals surface area contributed by atoms with Gasteiger partial charge in [-0.05, 0) is 57.7 Å². The van der Waals surface area contributed by atoms with Crippen molar-refractivity contribution in [2.75, 3.05) is 13.1 Å². The summed E-state index contributed by atoms with van der Waals surface area (Å²) < 4.78 is 0. The number of benzene rings is 2. The van der Waals surface area contributed by atoms with Gasteiger partial charge in [-0.2, -0.15) is 0 Å². The molecule has 2 aromatic carbocycles. The van der Waals surface area contributed by atoms with Crippen LogP contribution in [0.15, 0.2) is 64.8 Å². The van der Waals surface area contributed by atoms with Crippen molar-refractivity contribution in [3.05, 3.63) is 71.5 Å². The fourth-order valence-corrected chi connectivity index (χ4v) is 4.58. The van der Waals surface area contributed by atoms with Crippen LogP contribution in [0.4, 0.5) is 0 Å². The molecule has 0 N–H and O–H groups in total. The Labute approximate surface area is 192 Å². The Morgan fingerprint density at radius 2 is 1.50 bits per heavy atom. The van der Waals surface area contributed by atoms with E-state index in [1.807, 2.05) is 87.2 Å². The van der Waals surface area contributed by atoms with Crippen LogP contribution in [-0.2, 0) is 0 Å². The molecule has 0 bridgehead atoms. The Balaban J connectivity index is 1.70. The second kappa shape index (κ2) is 9.44. The number of carbonyl (C=O) groups excluding carboxylic acids is 1. The molecule has 2 heterocycles. The number of aromatic nitrogens is 4. The minimum atomic E-state index is 0.0395. The minimum absolute atomic E-state index is 0.0395. The lowest BCUT2D eigenvalue weighted by molar-refractivity contribution is 0.0773. The first-order valence-electron chi connectivity index (χ1n) is 10.7. The van der Waals surface area contributed by atoms with Crippen LogP contribution in [0.5, 0.6) is 0 Å². The zero-order valence-corrected chi connectivity index (χ0v) is 19.5. The highest BCUT2D eigenvalue weighted by molar-refractivity contribution is 7.99. The Morgan fingerprint density at radius 1 is 0.875 bits per heavy atom. The van der Waals surface area contributed by atoms with E-state index in [4.69, 9.17) is 0 Å². The molecule has 0 spiro atoms. The molecule has 32 heavy (non-hydrogen) atoms. The lowest BCUT2D eigenvalue weighted by Gasteiger charge is -2.18. The normalized spacial score (nSPS) is 11.0. The molecule has 0 unspecified atom stereocenters. The Hall–Kier alpha value is -3.32. The number of hydrogen-bond donors (Lipinski definition) is 0. The molecule has 4 rings (SSSR count). The van der Waals surface area contributed by atoms with E-state index in [1.165, 1.54) is 11.8 Å². The molecule has 2 aromatic heterocycles. The summed E-state index contributed by atoms with van der Waals surface area (Å²) >= 11 is 1.42. The van der Waals surface area contributed by atoms with E-state index in [1.54, 1.807) is 0 Å². The van der Waals surface area contributed by atoms with Crippen LogP contribution in [0, 0.1) is 13.8 Å². The third-order valence-electron chi connectivity index (χ3n) is 5.26. The highest BCUT2D eigenvalue weighted by Gasteiger charge is 2.16. The SMILES string of the molecule is CCN(CC)C(=O)c1ccc(-c2nnc(Sc3nc(C)cc(C)n3)c3ccccc23)cc1. The number of rotatable bonds is 6. The van der Waals surface area contributed by atoms with Gasteiger partial charge in [-0.3, -0.25) is 4.79 Å². The van der Waals surface area contributed by atoms with E-state index in [2.05, 4.69) is 20.2 Å². The van der Waals surface area contributed by atoms with Gasteiger partial charge >= 0.3 is 0 Å². The predicted octanol–water partition coefficient (Wildman–Crippen LogP) is 5.34. The number of amides is 1. The van der Waals surface area contributed by atoms with Crippen molar-refractivity contribution in [2.24, 2.45) is 0 Å². The van der Waals surface area contributed by atoms with Crippen molar-refractivity contribution in [3.63, 3.8) is 0 Å². The standard InChI is InChI=1S/C25H25N5OS/c1-5-30(6-2)24(31)19-13-11-18(12-14-19)22-20-9-7-8-10-21(20)23(29-28-22)32-25-26-16(3)15-17(4)27-25/h7-15H,5-6H2,1-4H3. The molecule has 0 radical (unpaired) electrons. The smallest absolute Gasteiger partial charge is 0.253 e. The summed E-state index contributed by atoms with van der Waals surface area (Å²) in [6.07, 6.45) is 0. The molecule has 0 aliphatic rings. The number of aryl methyl sites for hydroxylation is 2. The van der Waals surface area contributed by atoms with Crippen LogP contribution >= 0.6 is 11.8 Å². The average Bonchev–Trinajstić information content (AvgIpc) is 2.79. The average molecular weight is 444 g/mol. The van der Waals surface area contributed by atoms with Gasteiger partial charge in [0.05, 0.1) is 0 Å². The first-order chi connectivity index (χ1) is 15.5. The van der Waals surface area contributed by atoms with Crippen LogP contribution in [0.25, 0.3) is 22.0 Å². The zero-order valence-electron chi connectivity index (χ0n) is 18.7. The number of carbonyl (C=O) groups is 1. The third-order valence-corrected chi connectivity index (χ3v) is 6.12. The molecule has 1 amide bonds. The van der Waals surface area contributed by atoms with Gasteiger partial charge in [0.15, 0.2) is 5.16 Å². The highest BCUT2D eigenvalue weighted by atomic mass is 32.2. The molecular weight excluding hydrogens is 418 g/mol. The van der Waals surface area contributed by atoms with Crippen molar-refractivity contribution in [3.8, 4) is 11.3 Å². The predicted molar refractivity (Wildman–Crippen MR) is 128 cm³/mol. The van der Waals surface area contributed by atoms with Gasteiger partial charge in [-0.15, -0.1) is 10.2 Å². The Bertz CT molecular complexity index is 1250. The molecule has 0 aliphatic carbocycles. The first kappa shape index (κ1) is 21.9. The maximum atomic E-state index is 12.6. The molecular formula is C25H25N5OS. The lowest BCUT2D eigenvalue weighted by Crippen LogP contribution is -2.30. The van der Waals surface area contributed by atoms with Crippen molar-refractivity contribution >= 4 is 28.4 Å². The van der Waals surface area contributed by atoms with E-state index in [9.17, 15) is 4.79 Å². The summed E-state index contributed by atoms with van der Waals surface area (Å²) in [5, 5.41) is 12.5. The second-order valence-electron chi connectivity index (χ2n) is 7.49. The third kappa shape index (κ3) is 4.48. The van der Waals surface area contributed by atoms with Crippen LogP contribution in [0.1, 0.15) is 35.6 Å². The molecule has 0 saturated carbocycles. The van der Waals surface area contributed by atoms with Gasteiger partial charge in [0, 0.05) is 46.4 Å². The van der Waals surface area contributed by atoms with Crippen molar-refractivity contribution in [1.82, 2.24) is 25.1 Å². The molecule has 0 atom stereocenters. The molecule has 4 aromatic rings. The van der Waals surface area contributed by atoms with Gasteiger partial charge in [0.25, 0.3) is 5.91 Å². The van der Waals surface area contributed by atoms with E-state index < -0.39 is 0 Å². The van der Waals surface area contributed by atoms with Crippen LogP contribution < -0.4 is 0 Å². The summed E-state index contributed by atoms with van der Waals surface area (Å²) in [6.45, 7) is 9.27. The lowest BCUT2D eigenvalue weighted by atomic mass is 10.0. The van der Waals surface area contributed by atoms with Gasteiger partial charge in [0.1, 0.15) is 10.7 Å². The summed E-state index contributed by atoms with van der Waals surface area (Å²) in [6, 6.07) is 17.6. The number of nitrogens with zero attached hydrogens (tertiary/aromatic N) is 5. The van der Waals surface area contributed by atoms with Crippen LogP contribution in [0.2, 0.25) is 0 Å². The minimum Gasteiger partial charge on any atom is -0.339 e. The Morgan fingerprint density at radius 3 is 2.12 bits per heavy atom. The molecule has 0 saturated heterocycles. The highest BCUT2D eigenvalue weighted by Crippen LogP contribution is 2.34. The van der Waals surface area contributed by atoms with Crippen LogP contribution in [-0.4, -0.2) is 44.1 Å². The fourth-order valence-electron chi connectivity index (χ4n) is 3.66. The van der Waals surface area contributed by atoms with Crippen molar-refractivity contribution in [1.29, 1.82) is 0 Å². The molecule has 0 aliphatic heterocycles. The monoisotopic (exact) mass is 443 g/mol. The summed E-state index contributed by atoms with van der Waals surface area (Å²) in [4.78, 5) is 23.5. The molecule has 0 fully saturated rings. The van der Waals surface area contributed by atoms with Gasteiger partial charge in [-0.25, -0.2) is 9.97 Å². The topological polar surface area (TPSA) is 71.9 Å². The van der Waals surface area contributed by atoms with Crippen molar-refractivity contribution < 1.29 is 4.79 Å². The number of hydrogen-bond acceptors (Lipinski definition) is 6. The Kier molecular flexibility index (Phi) is 6.46. The molecule has 7 heteroatoms. The maximum absolute atomic E-state index is 12.6. The summed E-state index contributed by atoms with van der Waals surface area (Å²) in [5.74, 6) is 0.0395. The van der Waals surface area contributed by atoms with Gasteiger partial charge < -0.3 is 4.90 Å². The van der Waals surface area contributed by atoms with Crippen molar-refractivity contribution in [2.45, 2.75) is 37.9 Å². The van der Waals surface area contributed by atoms with E-state index in [0.29, 0.717) is 23.8 Å². The molecule has 6 nitrogen and oxygen atoms in total. The zero-order chi connectivity index (χ0) is 22.7. The largest absolute Gasteiger partial charge is 0.339 e. The first-order valence-corrected chi connectivity index (χ1v) is 11.5. The van der Waals surface area contributed by atoms with E-state index in [0.717, 1.165) is 38.4 Å². The summed E-state index contributed by atoms with van der Waals surface area (Å²) in [7, 11) is 0. The van der Waals surface area contributed by atoms with Crippen LogP contribution in [0.3, 0.4) is 0 Å². The summed E-state index contributed by atoms with van der Waals surface area (Å²) in [5.41, 5.74) is 4.23. The van der Waals surface area contributed by atoms with E-state index >= 15 is 0 Å². The fraction of sp³-hybridized carbons (Fsp3) is 0.240. The van der Waals surface area contributed by atoms with E-state index in [-0.39, 0.29) is 5.91 Å². The van der Waals surface area contributed by atoms with Gasteiger partial charge in [0.2, 0.25) is 0 Å². The molecule has 162 valence electrons. The number of fused-ring (bicyclic) bond motifs is 1. The maximum Gasteiger partial charge on any atom is 0.253 e.